The van der Waals surface area contributed by atoms with Crippen LogP contribution in [0.3, 0.4) is 0 Å². The predicted molar refractivity (Wildman–Crippen MR) is 98.9 cm³/mol. The van der Waals surface area contributed by atoms with Crippen LogP contribution in [0.1, 0.15) is 29.2 Å². The molecule has 0 aromatic heterocycles. The van der Waals surface area contributed by atoms with Crippen LogP contribution in [0.25, 0.3) is 0 Å². The molecule has 0 fully saturated rings. The van der Waals surface area contributed by atoms with Crippen molar-refractivity contribution in [2.45, 2.75) is 25.3 Å². The van der Waals surface area contributed by atoms with Crippen LogP contribution in [0.4, 0.5) is 5.69 Å². The van der Waals surface area contributed by atoms with Gasteiger partial charge in [0.1, 0.15) is 0 Å². The normalized spacial score (nSPS) is 14.7. The van der Waals surface area contributed by atoms with Crippen molar-refractivity contribution in [1.29, 1.82) is 0 Å². The summed E-state index contributed by atoms with van der Waals surface area (Å²) >= 11 is 0. The standard InChI is InChI=1S/C21H26N2/c1-22(2)15-14-21(18-8-5-4-6-9-18)23(3)20-13-12-17-10-7-11-19(17)16-20/h4-6,8-9,12-16,21H,7,10-11H2,1-3H3. The summed E-state index contributed by atoms with van der Waals surface area (Å²) in [5.41, 5.74) is 5.66. The number of nitrogens with zero attached hydrogens (tertiary/aromatic N) is 2. The lowest BCUT2D eigenvalue weighted by atomic mass is 10.0. The Morgan fingerprint density at radius 2 is 1.65 bits per heavy atom. The summed E-state index contributed by atoms with van der Waals surface area (Å²) in [6.07, 6.45) is 8.16. The number of hydrogen-bond donors (Lipinski definition) is 0. The van der Waals surface area contributed by atoms with Crippen LogP contribution in [0.5, 0.6) is 0 Å². The number of aryl methyl sites for hydroxylation is 2. The van der Waals surface area contributed by atoms with Crippen LogP contribution in [0.15, 0.2) is 60.8 Å². The molecule has 1 aliphatic carbocycles. The highest BCUT2D eigenvalue weighted by atomic mass is 15.1. The van der Waals surface area contributed by atoms with Crippen molar-refractivity contribution < 1.29 is 0 Å². The first-order chi connectivity index (χ1) is 11.1. The van der Waals surface area contributed by atoms with Crippen LogP contribution in [0, 0.1) is 0 Å². The minimum absolute atomic E-state index is 0.234. The fourth-order valence-electron chi connectivity index (χ4n) is 3.31. The van der Waals surface area contributed by atoms with Gasteiger partial charge in [0.2, 0.25) is 0 Å². The summed E-state index contributed by atoms with van der Waals surface area (Å²) in [6, 6.07) is 17.9. The summed E-state index contributed by atoms with van der Waals surface area (Å²) in [5.74, 6) is 0. The third-order valence-electron chi connectivity index (χ3n) is 4.61. The van der Waals surface area contributed by atoms with E-state index in [4.69, 9.17) is 0 Å². The Kier molecular flexibility index (Phi) is 4.71. The summed E-state index contributed by atoms with van der Waals surface area (Å²) in [5, 5.41) is 0. The third kappa shape index (κ3) is 3.58. The van der Waals surface area contributed by atoms with Gasteiger partial charge in [0.05, 0.1) is 6.04 Å². The van der Waals surface area contributed by atoms with Gasteiger partial charge < -0.3 is 9.80 Å². The van der Waals surface area contributed by atoms with Crippen molar-refractivity contribution in [2.24, 2.45) is 0 Å². The Morgan fingerprint density at radius 3 is 2.39 bits per heavy atom. The van der Waals surface area contributed by atoms with Crippen molar-refractivity contribution in [3.63, 3.8) is 0 Å². The Bertz CT molecular complexity index is 673. The summed E-state index contributed by atoms with van der Waals surface area (Å²) in [7, 11) is 6.32. The van der Waals surface area contributed by atoms with Crippen LogP contribution in [0.2, 0.25) is 0 Å². The quantitative estimate of drug-likeness (QED) is 0.806. The molecule has 0 amide bonds. The molecule has 2 aromatic carbocycles. The molecule has 0 N–H and O–H groups in total. The largest absolute Gasteiger partial charge is 0.384 e. The highest BCUT2D eigenvalue weighted by Gasteiger charge is 2.17. The van der Waals surface area contributed by atoms with Gasteiger partial charge >= 0.3 is 0 Å². The van der Waals surface area contributed by atoms with Crippen LogP contribution in [-0.4, -0.2) is 26.0 Å². The van der Waals surface area contributed by atoms with Crippen LogP contribution >= 0.6 is 0 Å². The van der Waals surface area contributed by atoms with E-state index in [0.29, 0.717) is 0 Å². The van der Waals surface area contributed by atoms with Gasteiger partial charge in [-0.05, 0) is 60.4 Å². The minimum atomic E-state index is 0.234. The first-order valence-electron chi connectivity index (χ1n) is 8.39. The number of likely N-dealkylation sites (N-methyl/N-ethyl adjacent to an activating group) is 1. The first-order valence-corrected chi connectivity index (χ1v) is 8.39. The summed E-state index contributed by atoms with van der Waals surface area (Å²) < 4.78 is 0. The van der Waals surface area contributed by atoms with E-state index in [0.717, 1.165) is 0 Å². The molecule has 0 aliphatic heterocycles. The van der Waals surface area contributed by atoms with E-state index in [1.54, 1.807) is 0 Å². The van der Waals surface area contributed by atoms with Crippen molar-refractivity contribution in [3.8, 4) is 0 Å². The summed E-state index contributed by atoms with van der Waals surface area (Å²) in [4.78, 5) is 4.46. The molecule has 0 heterocycles. The smallest absolute Gasteiger partial charge is 0.0740 e. The Hall–Kier alpha value is -2.22. The van der Waals surface area contributed by atoms with Crippen molar-refractivity contribution in [2.75, 3.05) is 26.0 Å². The van der Waals surface area contributed by atoms with Crippen molar-refractivity contribution in [3.05, 3.63) is 77.5 Å². The van der Waals surface area contributed by atoms with Crippen molar-refractivity contribution >= 4 is 5.69 Å². The van der Waals surface area contributed by atoms with Gasteiger partial charge in [0, 0.05) is 26.8 Å². The lowest BCUT2D eigenvalue weighted by Gasteiger charge is -2.29. The van der Waals surface area contributed by atoms with E-state index in [1.165, 1.54) is 41.6 Å². The van der Waals surface area contributed by atoms with Gasteiger partial charge in [0.25, 0.3) is 0 Å². The zero-order chi connectivity index (χ0) is 16.2. The molecule has 120 valence electrons. The molecule has 0 saturated carbocycles. The SMILES string of the molecule is CN(C)C=CC(c1ccccc1)N(C)c1ccc2c(c1)CCC2. The molecule has 0 bridgehead atoms. The van der Waals surface area contributed by atoms with Gasteiger partial charge in [0.15, 0.2) is 0 Å². The molecule has 23 heavy (non-hydrogen) atoms. The predicted octanol–water partition coefficient (Wildman–Crippen LogP) is 4.43. The number of rotatable bonds is 5. The van der Waals surface area contributed by atoms with Gasteiger partial charge in [-0.15, -0.1) is 0 Å². The second-order valence-electron chi connectivity index (χ2n) is 6.58. The van der Waals surface area contributed by atoms with E-state index in [-0.39, 0.29) is 6.04 Å². The molecule has 2 aromatic rings. The Morgan fingerprint density at radius 1 is 0.913 bits per heavy atom. The fraction of sp³-hybridized carbons (Fsp3) is 0.333. The maximum atomic E-state index is 2.38. The highest BCUT2D eigenvalue weighted by molar-refractivity contribution is 5.54. The average molecular weight is 306 g/mol. The molecule has 0 radical (unpaired) electrons. The molecule has 2 heteroatoms. The molecular formula is C21H26N2. The molecule has 3 rings (SSSR count). The minimum Gasteiger partial charge on any atom is -0.384 e. The van der Waals surface area contributed by atoms with Crippen molar-refractivity contribution in [1.82, 2.24) is 4.90 Å². The number of hydrogen-bond acceptors (Lipinski definition) is 2. The van der Waals surface area contributed by atoms with Crippen LogP contribution < -0.4 is 4.90 Å². The van der Waals surface area contributed by atoms with Crippen LogP contribution in [-0.2, 0) is 12.8 Å². The van der Waals surface area contributed by atoms with E-state index in [1.807, 2.05) is 0 Å². The van der Waals surface area contributed by atoms with E-state index in [2.05, 4.69) is 91.7 Å². The van der Waals surface area contributed by atoms with Gasteiger partial charge in [-0.25, -0.2) is 0 Å². The lowest BCUT2D eigenvalue weighted by molar-refractivity contribution is 0.557. The van der Waals surface area contributed by atoms with E-state index < -0.39 is 0 Å². The highest BCUT2D eigenvalue weighted by Crippen LogP contribution is 2.31. The average Bonchev–Trinajstić information content (AvgIpc) is 3.03. The number of fused-ring (bicyclic) bond motifs is 1. The molecule has 1 atom stereocenters. The number of anilines is 1. The molecule has 0 spiro atoms. The Labute approximate surface area is 140 Å². The maximum Gasteiger partial charge on any atom is 0.0740 e. The molecular weight excluding hydrogens is 280 g/mol. The lowest BCUT2D eigenvalue weighted by Crippen LogP contribution is -2.23. The van der Waals surface area contributed by atoms with E-state index >= 15 is 0 Å². The van der Waals surface area contributed by atoms with Gasteiger partial charge in [-0.1, -0.05) is 36.4 Å². The molecule has 1 aliphatic rings. The van der Waals surface area contributed by atoms with E-state index in [9.17, 15) is 0 Å². The van der Waals surface area contributed by atoms with Gasteiger partial charge in [-0.2, -0.15) is 0 Å². The maximum absolute atomic E-state index is 2.38. The molecule has 2 nitrogen and oxygen atoms in total. The second-order valence-corrected chi connectivity index (χ2v) is 6.58. The number of benzene rings is 2. The topological polar surface area (TPSA) is 6.48 Å². The molecule has 1 unspecified atom stereocenters. The second kappa shape index (κ2) is 6.91. The first kappa shape index (κ1) is 15.7. The zero-order valence-electron chi connectivity index (χ0n) is 14.4. The zero-order valence-corrected chi connectivity index (χ0v) is 14.4. The monoisotopic (exact) mass is 306 g/mol. The Balaban J connectivity index is 1.92. The fourth-order valence-corrected chi connectivity index (χ4v) is 3.31. The third-order valence-corrected chi connectivity index (χ3v) is 4.61. The molecule has 0 saturated heterocycles. The van der Waals surface area contributed by atoms with Gasteiger partial charge in [-0.3, -0.25) is 0 Å². The summed E-state index contributed by atoms with van der Waals surface area (Å²) in [6.45, 7) is 0.